The topological polar surface area (TPSA) is 55.8 Å². The Balaban J connectivity index is 2.08. The number of hydrogen-bond donors (Lipinski definition) is 0. The van der Waals surface area contributed by atoms with Crippen LogP contribution in [0.1, 0.15) is 5.56 Å². The highest BCUT2D eigenvalue weighted by Gasteiger charge is 2.21. The first-order valence-corrected chi connectivity index (χ1v) is 9.18. The van der Waals surface area contributed by atoms with Crippen LogP contribution in [-0.2, 0) is 21.3 Å². The number of methoxy groups -OCH3 is 1. The summed E-state index contributed by atoms with van der Waals surface area (Å²) in [5.74, 6) is 0.600. The summed E-state index contributed by atoms with van der Waals surface area (Å²) in [6.07, 6.45) is 0. The summed E-state index contributed by atoms with van der Waals surface area (Å²) >= 11 is 5.94. The van der Waals surface area contributed by atoms with Gasteiger partial charge in [-0.1, -0.05) is 23.7 Å². The van der Waals surface area contributed by atoms with Gasteiger partial charge in [-0.25, -0.2) is 8.42 Å². The minimum absolute atomic E-state index is 0.214. The lowest BCUT2D eigenvalue weighted by Gasteiger charge is -2.17. The molecular weight excluding hydrogens is 350 g/mol. The van der Waals surface area contributed by atoms with Crippen LogP contribution in [0.25, 0.3) is 0 Å². The zero-order valence-corrected chi connectivity index (χ0v) is 15.2. The van der Waals surface area contributed by atoms with Crippen LogP contribution in [0.4, 0.5) is 0 Å². The van der Waals surface area contributed by atoms with Crippen molar-refractivity contribution in [2.75, 3.05) is 27.4 Å². The van der Waals surface area contributed by atoms with Crippen LogP contribution >= 0.6 is 11.6 Å². The van der Waals surface area contributed by atoms with Gasteiger partial charge in [-0.15, -0.1) is 0 Å². The monoisotopic (exact) mass is 369 g/mol. The average molecular weight is 370 g/mol. The number of hydrogen-bond acceptors (Lipinski definition) is 4. The Morgan fingerprint density at radius 3 is 2.42 bits per heavy atom. The first kappa shape index (κ1) is 18.7. The molecule has 7 heteroatoms. The summed E-state index contributed by atoms with van der Waals surface area (Å²) in [5.41, 5.74) is 0.827. The number of halogens is 1. The molecule has 0 N–H and O–H groups in total. The summed E-state index contributed by atoms with van der Waals surface area (Å²) in [6.45, 7) is 1.13. The Bertz CT molecular complexity index is 762. The van der Waals surface area contributed by atoms with Gasteiger partial charge in [-0.2, -0.15) is 4.31 Å². The van der Waals surface area contributed by atoms with Crippen LogP contribution in [-0.4, -0.2) is 40.1 Å². The molecule has 0 amide bonds. The van der Waals surface area contributed by atoms with E-state index in [1.165, 1.54) is 16.4 Å². The summed E-state index contributed by atoms with van der Waals surface area (Å²) < 4.78 is 36.9. The highest BCUT2D eigenvalue weighted by molar-refractivity contribution is 7.89. The first-order chi connectivity index (χ1) is 11.4. The van der Waals surface area contributed by atoms with E-state index in [2.05, 4.69) is 0 Å². The summed E-state index contributed by atoms with van der Waals surface area (Å²) in [6, 6.07) is 13.5. The molecule has 130 valence electrons. The van der Waals surface area contributed by atoms with E-state index >= 15 is 0 Å². The second-order valence-electron chi connectivity index (χ2n) is 5.20. The Hall–Kier alpha value is -1.60. The van der Waals surface area contributed by atoms with Crippen molar-refractivity contribution < 1.29 is 17.9 Å². The van der Waals surface area contributed by atoms with Crippen molar-refractivity contribution in [2.45, 2.75) is 11.4 Å². The zero-order chi connectivity index (χ0) is 17.6. The van der Waals surface area contributed by atoms with Crippen LogP contribution in [0.15, 0.2) is 53.4 Å². The predicted octanol–water partition coefficient (Wildman–Crippen LogP) is 3.19. The molecule has 2 aromatic rings. The summed E-state index contributed by atoms with van der Waals surface area (Å²) in [5, 5.41) is 0.579. The van der Waals surface area contributed by atoms with Crippen molar-refractivity contribution in [3.05, 3.63) is 59.1 Å². The van der Waals surface area contributed by atoms with Crippen LogP contribution in [0.2, 0.25) is 5.02 Å². The van der Waals surface area contributed by atoms with E-state index in [9.17, 15) is 8.42 Å². The summed E-state index contributed by atoms with van der Waals surface area (Å²) in [4.78, 5) is 0.214. The van der Waals surface area contributed by atoms with E-state index in [0.717, 1.165) is 5.56 Å². The average Bonchev–Trinajstić information content (AvgIpc) is 2.55. The number of ether oxygens (including phenoxy) is 2. The van der Waals surface area contributed by atoms with Gasteiger partial charge in [0.1, 0.15) is 12.4 Å². The normalized spacial score (nSPS) is 11.7. The largest absolute Gasteiger partial charge is 0.491 e. The van der Waals surface area contributed by atoms with Crippen LogP contribution < -0.4 is 4.74 Å². The minimum Gasteiger partial charge on any atom is -0.491 e. The molecule has 0 aliphatic carbocycles. The van der Waals surface area contributed by atoms with Crippen molar-refractivity contribution in [1.29, 1.82) is 0 Å². The van der Waals surface area contributed by atoms with Crippen LogP contribution in [0.3, 0.4) is 0 Å². The molecule has 0 aliphatic heterocycles. The molecule has 24 heavy (non-hydrogen) atoms. The van der Waals surface area contributed by atoms with Crippen LogP contribution in [0, 0.1) is 0 Å². The minimum atomic E-state index is -3.58. The third kappa shape index (κ3) is 4.95. The quantitative estimate of drug-likeness (QED) is 0.670. The Kier molecular flexibility index (Phi) is 6.62. The third-order valence-electron chi connectivity index (χ3n) is 3.38. The maximum atomic E-state index is 12.6. The second-order valence-corrected chi connectivity index (χ2v) is 7.68. The van der Waals surface area contributed by atoms with Gasteiger partial charge in [-0.3, -0.25) is 0 Å². The van der Waals surface area contributed by atoms with E-state index in [1.54, 1.807) is 44.5 Å². The summed E-state index contributed by atoms with van der Waals surface area (Å²) in [7, 11) is -0.449. The van der Waals surface area contributed by atoms with E-state index in [-0.39, 0.29) is 11.4 Å². The molecular formula is C17H20ClNO4S. The molecule has 0 saturated heterocycles. The standard InChI is InChI=1S/C17H20ClNO4S/c1-19(13-14-4-3-5-15(18)12-14)24(20,21)17-8-6-16(7-9-17)23-11-10-22-2/h3-9,12H,10-11,13H2,1-2H3. The van der Waals surface area contributed by atoms with Crippen molar-refractivity contribution in [2.24, 2.45) is 0 Å². The van der Waals surface area contributed by atoms with Gasteiger partial charge in [0.25, 0.3) is 0 Å². The third-order valence-corrected chi connectivity index (χ3v) is 5.44. The molecule has 2 rings (SSSR count). The fraction of sp³-hybridized carbons (Fsp3) is 0.294. The van der Waals surface area contributed by atoms with Crippen molar-refractivity contribution >= 4 is 21.6 Å². The first-order valence-electron chi connectivity index (χ1n) is 7.36. The number of rotatable bonds is 8. The highest BCUT2D eigenvalue weighted by atomic mass is 35.5. The molecule has 0 atom stereocenters. The molecule has 0 radical (unpaired) electrons. The van der Waals surface area contributed by atoms with Crippen molar-refractivity contribution in [1.82, 2.24) is 4.31 Å². The van der Waals surface area contributed by atoms with E-state index in [0.29, 0.717) is 24.0 Å². The van der Waals surface area contributed by atoms with Gasteiger partial charge in [0, 0.05) is 25.7 Å². The van der Waals surface area contributed by atoms with Gasteiger partial charge in [-0.05, 0) is 42.0 Å². The smallest absolute Gasteiger partial charge is 0.243 e. The lowest BCUT2D eigenvalue weighted by Crippen LogP contribution is -2.26. The number of sulfonamides is 1. The van der Waals surface area contributed by atoms with Crippen molar-refractivity contribution in [3.63, 3.8) is 0 Å². The maximum Gasteiger partial charge on any atom is 0.243 e. The lowest BCUT2D eigenvalue weighted by atomic mass is 10.2. The predicted molar refractivity (Wildman–Crippen MR) is 93.9 cm³/mol. The molecule has 0 heterocycles. The zero-order valence-electron chi connectivity index (χ0n) is 13.6. The Labute approximate surface area is 147 Å². The van der Waals surface area contributed by atoms with E-state index in [1.807, 2.05) is 6.07 Å². The SMILES string of the molecule is COCCOc1ccc(S(=O)(=O)N(C)Cc2cccc(Cl)c2)cc1. The fourth-order valence-electron chi connectivity index (χ4n) is 2.11. The molecule has 2 aromatic carbocycles. The van der Waals surface area contributed by atoms with Gasteiger partial charge >= 0.3 is 0 Å². The Morgan fingerprint density at radius 1 is 1.08 bits per heavy atom. The molecule has 0 aliphatic rings. The van der Waals surface area contributed by atoms with Crippen LogP contribution in [0.5, 0.6) is 5.75 Å². The number of benzene rings is 2. The molecule has 0 unspecified atom stereocenters. The highest BCUT2D eigenvalue weighted by Crippen LogP contribution is 2.21. The second kappa shape index (κ2) is 8.48. The molecule has 0 saturated carbocycles. The molecule has 0 spiro atoms. The molecule has 5 nitrogen and oxygen atoms in total. The van der Waals surface area contributed by atoms with Gasteiger partial charge < -0.3 is 9.47 Å². The molecule has 0 aromatic heterocycles. The van der Waals surface area contributed by atoms with Gasteiger partial charge in [0.05, 0.1) is 11.5 Å². The Morgan fingerprint density at radius 2 is 1.79 bits per heavy atom. The maximum absolute atomic E-state index is 12.6. The molecule has 0 fully saturated rings. The van der Waals surface area contributed by atoms with Crippen molar-refractivity contribution in [3.8, 4) is 5.75 Å². The van der Waals surface area contributed by atoms with E-state index < -0.39 is 10.0 Å². The molecule has 0 bridgehead atoms. The fourth-order valence-corrected chi connectivity index (χ4v) is 3.48. The lowest BCUT2D eigenvalue weighted by molar-refractivity contribution is 0.146. The van der Waals surface area contributed by atoms with E-state index in [4.69, 9.17) is 21.1 Å². The van der Waals surface area contributed by atoms with Gasteiger partial charge in [0.15, 0.2) is 0 Å². The van der Waals surface area contributed by atoms with Gasteiger partial charge in [0.2, 0.25) is 10.0 Å². The number of nitrogens with zero attached hydrogens (tertiary/aromatic N) is 1.